The summed E-state index contributed by atoms with van der Waals surface area (Å²) in [5.74, 6) is 0.762. The largest absolute Gasteiger partial charge is 0.519 e. The predicted octanol–water partition coefficient (Wildman–Crippen LogP) is 4.18. The second-order valence-electron chi connectivity index (χ2n) is 5.06. The molecule has 0 unspecified atom stereocenters. The van der Waals surface area contributed by atoms with Gasteiger partial charge in [0.2, 0.25) is 0 Å². The number of carbonyl (C=O) groups is 1. The molecular weight excluding hydrogens is 304 g/mol. The monoisotopic (exact) mass is 320 g/mol. The van der Waals surface area contributed by atoms with E-state index in [9.17, 15) is 4.79 Å². The van der Waals surface area contributed by atoms with E-state index < -0.39 is 6.16 Å². The molecule has 0 aromatic heterocycles. The summed E-state index contributed by atoms with van der Waals surface area (Å²) in [5.41, 5.74) is 2.01. The molecule has 0 N–H and O–H groups in total. The summed E-state index contributed by atoms with van der Waals surface area (Å²) in [7, 11) is 0. The number of hydrogen-bond acceptors (Lipinski definition) is 5. The van der Waals surface area contributed by atoms with Crippen molar-refractivity contribution >= 4 is 6.16 Å². The van der Waals surface area contributed by atoms with Gasteiger partial charge in [-0.1, -0.05) is 24.3 Å². The number of ether oxygens (including phenoxy) is 2. The molecule has 2 aromatic rings. The van der Waals surface area contributed by atoms with E-state index in [1.807, 2.05) is 24.3 Å². The normalized spacial score (nSPS) is 9.58. The highest BCUT2D eigenvalue weighted by Crippen LogP contribution is 2.17. The van der Waals surface area contributed by atoms with Crippen LogP contribution in [0.15, 0.2) is 48.5 Å². The van der Waals surface area contributed by atoms with E-state index in [0.29, 0.717) is 37.2 Å². The average Bonchev–Trinajstić information content (AvgIpc) is 2.60. The van der Waals surface area contributed by atoms with E-state index in [-0.39, 0.29) is 0 Å². The highest BCUT2D eigenvalue weighted by atomic mass is 16.7. The minimum Gasteiger partial charge on any atom is -0.395 e. The van der Waals surface area contributed by atoms with Crippen molar-refractivity contribution in [2.45, 2.75) is 25.7 Å². The maximum Gasteiger partial charge on any atom is 0.519 e. The van der Waals surface area contributed by atoms with Crippen LogP contribution in [0.2, 0.25) is 0 Å². The van der Waals surface area contributed by atoms with Crippen molar-refractivity contribution in [3.05, 3.63) is 59.7 Å². The highest BCUT2D eigenvalue weighted by Gasteiger charge is 2.08. The van der Waals surface area contributed by atoms with Gasteiger partial charge in [0.05, 0.1) is 12.1 Å². The van der Waals surface area contributed by atoms with Crippen molar-refractivity contribution < 1.29 is 14.3 Å². The standard InChI is InChI=1S/C19H16N2O3/c20-13-1-3-15-5-9-17(10-6-15)23-19(22)24-18-11-7-16(8-12-18)4-2-14-21/h5-12H,1-4H2. The lowest BCUT2D eigenvalue weighted by atomic mass is 10.1. The van der Waals surface area contributed by atoms with Gasteiger partial charge in [-0.3, -0.25) is 0 Å². The zero-order valence-corrected chi connectivity index (χ0v) is 13.1. The molecule has 0 amide bonds. The summed E-state index contributed by atoms with van der Waals surface area (Å²) in [6, 6.07) is 18.1. The molecule has 120 valence electrons. The molecule has 0 aliphatic rings. The third-order valence-electron chi connectivity index (χ3n) is 3.30. The van der Waals surface area contributed by atoms with Gasteiger partial charge in [-0.15, -0.1) is 0 Å². The van der Waals surface area contributed by atoms with Crippen molar-refractivity contribution in [3.63, 3.8) is 0 Å². The van der Waals surface area contributed by atoms with E-state index in [2.05, 4.69) is 12.1 Å². The van der Waals surface area contributed by atoms with Crippen LogP contribution in [0.25, 0.3) is 0 Å². The van der Waals surface area contributed by atoms with Gasteiger partial charge in [-0.05, 0) is 48.2 Å². The lowest BCUT2D eigenvalue weighted by Gasteiger charge is -2.07. The SMILES string of the molecule is N#CCCc1ccc(OC(=O)Oc2ccc(CCC#N)cc2)cc1. The minimum atomic E-state index is -0.815. The number of aryl methyl sites for hydroxylation is 2. The maximum absolute atomic E-state index is 11.8. The Bertz CT molecular complexity index is 688. The van der Waals surface area contributed by atoms with Crippen molar-refractivity contribution in [1.29, 1.82) is 10.5 Å². The van der Waals surface area contributed by atoms with Crippen molar-refractivity contribution in [2.24, 2.45) is 0 Å². The second-order valence-corrected chi connectivity index (χ2v) is 5.06. The summed E-state index contributed by atoms with van der Waals surface area (Å²) in [4.78, 5) is 11.8. The number of benzene rings is 2. The predicted molar refractivity (Wildman–Crippen MR) is 87.4 cm³/mol. The Morgan fingerprint density at radius 1 is 0.750 bits per heavy atom. The first-order chi connectivity index (χ1) is 11.7. The molecule has 0 aliphatic carbocycles. The molecule has 0 radical (unpaired) electrons. The van der Waals surface area contributed by atoms with Crippen molar-refractivity contribution in [2.75, 3.05) is 0 Å². The smallest absolute Gasteiger partial charge is 0.395 e. The Morgan fingerprint density at radius 3 is 1.46 bits per heavy atom. The first-order valence-corrected chi connectivity index (χ1v) is 7.52. The fourth-order valence-electron chi connectivity index (χ4n) is 2.06. The topological polar surface area (TPSA) is 83.1 Å². The Balaban J connectivity index is 1.86. The molecule has 2 aromatic carbocycles. The highest BCUT2D eigenvalue weighted by molar-refractivity contribution is 5.67. The third-order valence-corrected chi connectivity index (χ3v) is 3.30. The number of nitriles is 2. The third kappa shape index (κ3) is 5.47. The molecule has 0 aliphatic heterocycles. The first kappa shape index (κ1) is 17.1. The average molecular weight is 320 g/mol. The van der Waals surface area contributed by atoms with E-state index in [1.54, 1.807) is 24.3 Å². The molecule has 2 rings (SSSR count). The van der Waals surface area contributed by atoms with Crippen LogP contribution >= 0.6 is 0 Å². The van der Waals surface area contributed by atoms with Crippen LogP contribution < -0.4 is 9.47 Å². The van der Waals surface area contributed by atoms with E-state index in [4.69, 9.17) is 20.0 Å². The summed E-state index contributed by atoms with van der Waals surface area (Å²) >= 11 is 0. The van der Waals surface area contributed by atoms with Crippen LogP contribution in [0.4, 0.5) is 4.79 Å². The van der Waals surface area contributed by atoms with Gasteiger partial charge in [0.1, 0.15) is 11.5 Å². The van der Waals surface area contributed by atoms with Crippen LogP contribution in [-0.4, -0.2) is 6.16 Å². The van der Waals surface area contributed by atoms with Crippen LogP contribution in [0, 0.1) is 22.7 Å². The Hall–Kier alpha value is -3.31. The molecular formula is C19H16N2O3. The number of hydrogen-bond donors (Lipinski definition) is 0. The fourth-order valence-corrected chi connectivity index (χ4v) is 2.06. The lowest BCUT2D eigenvalue weighted by Crippen LogP contribution is -2.13. The van der Waals surface area contributed by atoms with Gasteiger partial charge in [0, 0.05) is 12.8 Å². The van der Waals surface area contributed by atoms with Crippen LogP contribution in [-0.2, 0) is 12.8 Å². The Morgan fingerprint density at radius 2 is 1.12 bits per heavy atom. The number of nitrogens with zero attached hydrogens (tertiary/aromatic N) is 2. The van der Waals surface area contributed by atoms with Crippen molar-refractivity contribution in [1.82, 2.24) is 0 Å². The van der Waals surface area contributed by atoms with E-state index >= 15 is 0 Å². The molecule has 5 heteroatoms. The van der Waals surface area contributed by atoms with Crippen LogP contribution in [0.1, 0.15) is 24.0 Å². The second kappa shape index (κ2) is 8.97. The van der Waals surface area contributed by atoms with Crippen molar-refractivity contribution in [3.8, 4) is 23.6 Å². The van der Waals surface area contributed by atoms with Gasteiger partial charge in [0.25, 0.3) is 0 Å². The quantitative estimate of drug-likeness (QED) is 0.589. The molecule has 0 bridgehead atoms. The first-order valence-electron chi connectivity index (χ1n) is 7.52. The maximum atomic E-state index is 11.8. The molecule has 5 nitrogen and oxygen atoms in total. The van der Waals surface area contributed by atoms with Gasteiger partial charge in [-0.2, -0.15) is 10.5 Å². The van der Waals surface area contributed by atoms with Gasteiger partial charge >= 0.3 is 6.16 Å². The summed E-state index contributed by atoms with van der Waals surface area (Å²) in [5, 5.41) is 17.1. The van der Waals surface area contributed by atoms with E-state index in [0.717, 1.165) is 11.1 Å². The lowest BCUT2D eigenvalue weighted by molar-refractivity contribution is 0.152. The fraction of sp³-hybridized carbons (Fsp3) is 0.211. The summed E-state index contributed by atoms with van der Waals surface area (Å²) in [6.07, 6.45) is 1.42. The molecule has 0 saturated heterocycles. The molecule has 24 heavy (non-hydrogen) atoms. The Kier molecular flexibility index (Phi) is 6.37. The van der Waals surface area contributed by atoms with Gasteiger partial charge in [-0.25, -0.2) is 4.79 Å². The number of rotatable bonds is 6. The van der Waals surface area contributed by atoms with Crippen LogP contribution in [0.5, 0.6) is 11.5 Å². The summed E-state index contributed by atoms with van der Waals surface area (Å²) in [6.45, 7) is 0. The Labute approximate surface area is 140 Å². The minimum absolute atomic E-state index is 0.381. The molecule has 0 spiro atoms. The van der Waals surface area contributed by atoms with Gasteiger partial charge in [0.15, 0.2) is 0 Å². The van der Waals surface area contributed by atoms with E-state index in [1.165, 1.54) is 0 Å². The molecule has 0 fully saturated rings. The molecule has 0 atom stereocenters. The number of carbonyl (C=O) groups excluding carboxylic acids is 1. The van der Waals surface area contributed by atoms with Gasteiger partial charge < -0.3 is 9.47 Å². The molecule has 0 heterocycles. The molecule has 0 saturated carbocycles. The van der Waals surface area contributed by atoms with Crippen LogP contribution in [0.3, 0.4) is 0 Å². The zero-order chi connectivity index (χ0) is 17.2. The zero-order valence-electron chi connectivity index (χ0n) is 13.1. The summed E-state index contributed by atoms with van der Waals surface area (Å²) < 4.78 is 10.2.